The smallest absolute Gasteiger partial charge is 0.251 e. The Morgan fingerprint density at radius 1 is 1.06 bits per heavy atom. The molecule has 1 saturated heterocycles. The zero-order chi connectivity index (χ0) is 22.2. The largest absolute Gasteiger partial charge is 0.356 e. The molecule has 1 heterocycles. The molecule has 3 rings (SSSR count). The van der Waals surface area contributed by atoms with Gasteiger partial charge in [0.2, 0.25) is 5.91 Å². The van der Waals surface area contributed by atoms with Crippen LogP contribution in [0.2, 0.25) is 5.02 Å². The summed E-state index contributed by atoms with van der Waals surface area (Å²) in [6.07, 6.45) is 0. The Hall–Kier alpha value is -2.33. The van der Waals surface area contributed by atoms with Crippen LogP contribution in [0.25, 0.3) is 0 Å². The summed E-state index contributed by atoms with van der Waals surface area (Å²) in [6, 6.07) is 14.9. The SMILES string of the molecule is CCNC(=NCc1ccc(C(=O)NC)cc1)N1CCN(Cc2ccc(Cl)cc2)C(=O)C1.I. The monoisotopic (exact) mass is 569 g/mol. The first-order valence-electron chi connectivity index (χ1n) is 10.4. The van der Waals surface area contributed by atoms with E-state index in [0.717, 1.165) is 17.1 Å². The van der Waals surface area contributed by atoms with E-state index in [1.165, 1.54) is 0 Å². The molecule has 1 fully saturated rings. The standard InChI is InChI=1S/C23H28ClN5O2.HI/c1-3-26-23(27-14-17-4-8-19(9-5-17)22(31)25-2)29-13-12-28(21(30)16-29)15-18-6-10-20(24)11-7-18;/h4-11H,3,12-16H2,1-2H3,(H,25,31)(H,26,27);1H. The highest BCUT2D eigenvalue weighted by Crippen LogP contribution is 2.14. The van der Waals surface area contributed by atoms with E-state index in [2.05, 4.69) is 10.6 Å². The highest BCUT2D eigenvalue weighted by Gasteiger charge is 2.26. The van der Waals surface area contributed by atoms with Gasteiger partial charge in [-0.3, -0.25) is 9.59 Å². The van der Waals surface area contributed by atoms with Gasteiger partial charge in [-0.15, -0.1) is 24.0 Å². The Kier molecular flexibility index (Phi) is 10.2. The van der Waals surface area contributed by atoms with Crippen LogP contribution < -0.4 is 10.6 Å². The van der Waals surface area contributed by atoms with E-state index < -0.39 is 0 Å². The summed E-state index contributed by atoms with van der Waals surface area (Å²) in [6.45, 7) is 5.40. The van der Waals surface area contributed by atoms with Crippen LogP contribution in [-0.4, -0.2) is 60.8 Å². The second kappa shape index (κ2) is 12.6. The molecule has 0 saturated carbocycles. The number of rotatable bonds is 6. The Morgan fingerprint density at radius 3 is 2.31 bits per heavy atom. The van der Waals surface area contributed by atoms with Crippen LogP contribution in [0.5, 0.6) is 0 Å². The molecule has 32 heavy (non-hydrogen) atoms. The highest BCUT2D eigenvalue weighted by atomic mass is 127. The van der Waals surface area contributed by atoms with E-state index in [4.69, 9.17) is 16.6 Å². The Balaban J connectivity index is 0.00000363. The van der Waals surface area contributed by atoms with E-state index in [0.29, 0.717) is 43.3 Å². The lowest BCUT2D eigenvalue weighted by molar-refractivity contribution is -0.135. The molecule has 0 spiro atoms. The number of nitrogens with zero attached hydrogens (tertiary/aromatic N) is 3. The fraction of sp³-hybridized carbons (Fsp3) is 0.348. The molecule has 2 aromatic rings. The Morgan fingerprint density at radius 2 is 1.72 bits per heavy atom. The number of piperazine rings is 1. The van der Waals surface area contributed by atoms with Gasteiger partial charge in [-0.05, 0) is 42.3 Å². The predicted octanol–water partition coefficient (Wildman–Crippen LogP) is 3.13. The minimum atomic E-state index is -0.113. The van der Waals surface area contributed by atoms with Crippen molar-refractivity contribution in [1.29, 1.82) is 0 Å². The molecule has 172 valence electrons. The lowest BCUT2D eigenvalue weighted by Crippen LogP contribution is -2.54. The fourth-order valence-corrected chi connectivity index (χ4v) is 3.49. The number of guanidine groups is 1. The van der Waals surface area contributed by atoms with Crippen LogP contribution in [-0.2, 0) is 17.9 Å². The van der Waals surface area contributed by atoms with Crippen LogP contribution >= 0.6 is 35.6 Å². The van der Waals surface area contributed by atoms with Crippen molar-refractivity contribution in [3.63, 3.8) is 0 Å². The molecule has 0 radical (unpaired) electrons. The van der Waals surface area contributed by atoms with Gasteiger partial charge in [0.25, 0.3) is 5.91 Å². The summed E-state index contributed by atoms with van der Waals surface area (Å²) in [5.41, 5.74) is 2.67. The molecule has 0 bridgehead atoms. The molecule has 9 heteroatoms. The normalized spacial score (nSPS) is 14.1. The molecule has 0 aliphatic carbocycles. The third kappa shape index (κ3) is 7.09. The van der Waals surface area contributed by atoms with Gasteiger partial charge in [-0.2, -0.15) is 0 Å². The first-order valence-corrected chi connectivity index (χ1v) is 10.7. The predicted molar refractivity (Wildman–Crippen MR) is 139 cm³/mol. The number of hydrogen-bond donors (Lipinski definition) is 2. The fourth-order valence-electron chi connectivity index (χ4n) is 3.36. The van der Waals surface area contributed by atoms with Crippen LogP contribution in [0.1, 0.15) is 28.4 Å². The van der Waals surface area contributed by atoms with Crippen molar-refractivity contribution in [3.8, 4) is 0 Å². The average Bonchev–Trinajstić information content (AvgIpc) is 2.79. The summed E-state index contributed by atoms with van der Waals surface area (Å²) < 4.78 is 0. The number of nitrogens with one attached hydrogen (secondary N) is 2. The van der Waals surface area contributed by atoms with Crippen molar-refractivity contribution in [3.05, 3.63) is 70.2 Å². The van der Waals surface area contributed by atoms with Crippen molar-refractivity contribution >= 4 is 53.4 Å². The lowest BCUT2D eigenvalue weighted by Gasteiger charge is -2.36. The van der Waals surface area contributed by atoms with Gasteiger partial charge in [0, 0.05) is 43.8 Å². The van der Waals surface area contributed by atoms with Gasteiger partial charge < -0.3 is 20.4 Å². The van der Waals surface area contributed by atoms with Crippen molar-refractivity contribution < 1.29 is 9.59 Å². The van der Waals surface area contributed by atoms with E-state index in [1.54, 1.807) is 19.2 Å². The molecule has 1 aliphatic heterocycles. The molecule has 2 aromatic carbocycles. The molecule has 7 nitrogen and oxygen atoms in total. The molecule has 0 aromatic heterocycles. The number of aliphatic imine (C=N–C) groups is 1. The highest BCUT2D eigenvalue weighted by molar-refractivity contribution is 14.0. The van der Waals surface area contributed by atoms with Gasteiger partial charge in [-0.25, -0.2) is 4.99 Å². The van der Waals surface area contributed by atoms with Crippen molar-refractivity contribution in [2.24, 2.45) is 4.99 Å². The van der Waals surface area contributed by atoms with Gasteiger partial charge in [0.05, 0.1) is 13.1 Å². The number of halogens is 2. The van der Waals surface area contributed by atoms with Crippen molar-refractivity contribution in [1.82, 2.24) is 20.4 Å². The molecule has 1 aliphatic rings. The lowest BCUT2D eigenvalue weighted by atomic mass is 10.1. The maximum atomic E-state index is 12.7. The zero-order valence-corrected chi connectivity index (χ0v) is 21.4. The molecule has 0 unspecified atom stereocenters. The summed E-state index contributed by atoms with van der Waals surface area (Å²) in [7, 11) is 1.61. The average molecular weight is 570 g/mol. The number of benzene rings is 2. The first-order chi connectivity index (χ1) is 15.0. The van der Waals surface area contributed by atoms with E-state index in [1.807, 2.05) is 53.1 Å². The summed E-state index contributed by atoms with van der Waals surface area (Å²) >= 11 is 5.94. The van der Waals surface area contributed by atoms with E-state index in [-0.39, 0.29) is 42.3 Å². The number of carbonyl (C=O) groups excluding carboxylic acids is 2. The Bertz CT molecular complexity index is 934. The van der Waals surface area contributed by atoms with Crippen molar-refractivity contribution in [2.45, 2.75) is 20.0 Å². The van der Waals surface area contributed by atoms with Crippen LogP contribution in [0.4, 0.5) is 0 Å². The van der Waals surface area contributed by atoms with Gasteiger partial charge in [0.1, 0.15) is 0 Å². The third-order valence-electron chi connectivity index (χ3n) is 5.09. The van der Waals surface area contributed by atoms with Crippen LogP contribution in [0.15, 0.2) is 53.5 Å². The topological polar surface area (TPSA) is 77.0 Å². The van der Waals surface area contributed by atoms with Crippen molar-refractivity contribution in [2.75, 3.05) is 33.2 Å². The molecule has 2 amide bonds. The van der Waals surface area contributed by atoms with Crippen LogP contribution in [0.3, 0.4) is 0 Å². The maximum Gasteiger partial charge on any atom is 0.251 e. The second-order valence-corrected chi connectivity index (χ2v) is 7.75. The van der Waals surface area contributed by atoms with E-state index >= 15 is 0 Å². The zero-order valence-electron chi connectivity index (χ0n) is 18.3. The molecule has 2 N–H and O–H groups in total. The first kappa shape index (κ1) is 25.9. The number of amides is 2. The number of carbonyl (C=O) groups is 2. The minimum absolute atomic E-state index is 0. The van der Waals surface area contributed by atoms with E-state index in [9.17, 15) is 9.59 Å². The Labute approximate surface area is 211 Å². The summed E-state index contributed by atoms with van der Waals surface area (Å²) in [5.74, 6) is 0.678. The van der Waals surface area contributed by atoms with Gasteiger partial charge in [-0.1, -0.05) is 35.9 Å². The van der Waals surface area contributed by atoms with Gasteiger partial charge >= 0.3 is 0 Å². The minimum Gasteiger partial charge on any atom is -0.356 e. The third-order valence-corrected chi connectivity index (χ3v) is 5.35. The number of hydrogen-bond acceptors (Lipinski definition) is 3. The molecular weight excluding hydrogens is 541 g/mol. The molecule has 0 atom stereocenters. The van der Waals surface area contributed by atoms with Crippen LogP contribution in [0, 0.1) is 0 Å². The van der Waals surface area contributed by atoms with Gasteiger partial charge in [0.15, 0.2) is 5.96 Å². The molecular formula is C23H29ClIN5O2. The second-order valence-electron chi connectivity index (χ2n) is 7.31. The summed E-state index contributed by atoms with van der Waals surface area (Å²) in [4.78, 5) is 33.0. The summed E-state index contributed by atoms with van der Waals surface area (Å²) in [5, 5.41) is 6.58. The quantitative estimate of drug-likeness (QED) is 0.319. The maximum absolute atomic E-state index is 12.7.